The summed E-state index contributed by atoms with van der Waals surface area (Å²) in [6, 6.07) is 5.61. The Morgan fingerprint density at radius 3 is 2.20 bits per heavy atom. The van der Waals surface area contributed by atoms with Gasteiger partial charge >= 0.3 is 11.9 Å². The maximum Gasteiger partial charge on any atom is 0.326 e. The number of benzene rings is 1. The Hall–Kier alpha value is -1.96. The number of aliphatic carboxylic acids is 2. The highest BCUT2D eigenvalue weighted by molar-refractivity contribution is 5.79. The Kier molecular flexibility index (Phi) is 5.20. The molecule has 0 fully saturated rings. The first-order valence-electron chi connectivity index (χ1n) is 5.98. The molecule has 1 rings (SSSR count). The molecule has 110 valence electrons. The summed E-state index contributed by atoms with van der Waals surface area (Å²) >= 11 is 0. The zero-order chi connectivity index (χ0) is 15.3. The molecule has 0 heterocycles. The molecule has 7 heteroatoms. The topological polar surface area (TPSA) is 147 Å². The first kappa shape index (κ1) is 16.1. The van der Waals surface area contributed by atoms with Gasteiger partial charge in [-0.15, -0.1) is 0 Å². The van der Waals surface area contributed by atoms with Gasteiger partial charge < -0.3 is 26.8 Å². The van der Waals surface area contributed by atoms with Crippen molar-refractivity contribution >= 4 is 11.9 Å². The maximum atomic E-state index is 11.1. The summed E-state index contributed by atoms with van der Waals surface area (Å²) in [5.41, 5.74) is 10.5. The van der Waals surface area contributed by atoms with E-state index in [1.165, 1.54) is 0 Å². The van der Waals surface area contributed by atoms with E-state index in [1.807, 2.05) is 0 Å². The van der Waals surface area contributed by atoms with E-state index in [2.05, 4.69) is 0 Å². The summed E-state index contributed by atoms with van der Waals surface area (Å²) in [6.07, 6.45) is -0.0476. The fourth-order valence-corrected chi connectivity index (χ4v) is 1.79. The first-order valence-corrected chi connectivity index (χ1v) is 5.98. The molecule has 7 nitrogen and oxygen atoms in total. The van der Waals surface area contributed by atoms with Crippen LogP contribution in [0.2, 0.25) is 0 Å². The van der Waals surface area contributed by atoms with Crippen LogP contribution in [0.5, 0.6) is 0 Å². The highest BCUT2D eigenvalue weighted by Gasteiger charge is 2.34. The van der Waals surface area contributed by atoms with Crippen molar-refractivity contribution in [1.29, 1.82) is 0 Å². The summed E-state index contributed by atoms with van der Waals surface area (Å²) < 4.78 is 0. The van der Waals surface area contributed by atoms with Gasteiger partial charge in [-0.1, -0.05) is 24.3 Å². The lowest BCUT2D eigenvalue weighted by atomic mass is 9.88. The molecule has 0 spiro atoms. The summed E-state index contributed by atoms with van der Waals surface area (Å²) in [4.78, 5) is 21.9. The van der Waals surface area contributed by atoms with Gasteiger partial charge in [-0.3, -0.25) is 9.59 Å². The van der Waals surface area contributed by atoms with Crippen molar-refractivity contribution in [2.75, 3.05) is 6.61 Å². The van der Waals surface area contributed by atoms with E-state index >= 15 is 0 Å². The number of rotatable bonds is 7. The molecule has 0 bridgehead atoms. The molecular formula is C13H18N2O5. The minimum absolute atomic E-state index is 0.0621. The Labute approximate surface area is 115 Å². The van der Waals surface area contributed by atoms with Crippen molar-refractivity contribution in [2.45, 2.75) is 24.4 Å². The maximum absolute atomic E-state index is 11.1. The average Bonchev–Trinajstić information content (AvgIpc) is 2.40. The zero-order valence-corrected chi connectivity index (χ0v) is 10.8. The summed E-state index contributed by atoms with van der Waals surface area (Å²) in [5, 5.41) is 27.0. The van der Waals surface area contributed by atoms with Crippen molar-refractivity contribution in [1.82, 2.24) is 0 Å². The molecule has 2 atom stereocenters. The van der Waals surface area contributed by atoms with Crippen LogP contribution in [0.1, 0.15) is 11.1 Å². The van der Waals surface area contributed by atoms with E-state index in [0.717, 1.165) is 0 Å². The first-order chi connectivity index (χ1) is 9.30. The smallest absolute Gasteiger partial charge is 0.326 e. The predicted octanol–water partition coefficient (Wildman–Crippen LogP) is -1.04. The molecule has 0 saturated heterocycles. The second-order valence-corrected chi connectivity index (χ2v) is 4.71. The van der Waals surface area contributed by atoms with Crippen LogP contribution in [0.3, 0.4) is 0 Å². The molecule has 0 aromatic heterocycles. The normalized spacial score (nSPS) is 15.3. The van der Waals surface area contributed by atoms with E-state index in [-0.39, 0.29) is 12.8 Å². The third-order valence-electron chi connectivity index (χ3n) is 3.09. The van der Waals surface area contributed by atoms with Crippen molar-refractivity contribution in [3.8, 4) is 0 Å². The average molecular weight is 282 g/mol. The van der Waals surface area contributed by atoms with Gasteiger partial charge in [-0.05, 0) is 17.5 Å². The van der Waals surface area contributed by atoms with Gasteiger partial charge in [-0.2, -0.15) is 0 Å². The highest BCUT2D eigenvalue weighted by Crippen LogP contribution is 2.17. The van der Waals surface area contributed by atoms with Gasteiger partial charge in [0.05, 0.1) is 6.61 Å². The van der Waals surface area contributed by atoms with Crippen molar-refractivity contribution < 1.29 is 24.9 Å². The largest absolute Gasteiger partial charge is 0.480 e. The molecule has 0 amide bonds. The molecule has 1 aromatic rings. The van der Waals surface area contributed by atoms with Crippen LogP contribution < -0.4 is 11.5 Å². The quantitative estimate of drug-likeness (QED) is 0.429. The van der Waals surface area contributed by atoms with E-state index < -0.39 is 30.1 Å². The second kappa shape index (κ2) is 6.47. The molecule has 0 saturated carbocycles. The highest BCUT2D eigenvalue weighted by atomic mass is 16.4. The Balaban J connectivity index is 3.01. The van der Waals surface area contributed by atoms with Crippen LogP contribution in [-0.4, -0.2) is 45.4 Å². The fourth-order valence-electron chi connectivity index (χ4n) is 1.79. The molecule has 7 N–H and O–H groups in total. The number of nitrogens with two attached hydrogens (primary N) is 2. The van der Waals surface area contributed by atoms with Crippen LogP contribution >= 0.6 is 0 Å². The van der Waals surface area contributed by atoms with Gasteiger partial charge in [0.15, 0.2) is 0 Å². The third-order valence-corrected chi connectivity index (χ3v) is 3.09. The molecule has 0 aliphatic carbocycles. The Bertz CT molecular complexity index is 505. The molecule has 0 radical (unpaired) electrons. The van der Waals surface area contributed by atoms with Crippen LogP contribution in [-0.2, 0) is 22.4 Å². The second-order valence-electron chi connectivity index (χ2n) is 4.71. The van der Waals surface area contributed by atoms with Crippen LogP contribution in [0.4, 0.5) is 0 Å². The molecule has 0 aliphatic rings. The molecule has 0 unspecified atom stereocenters. The van der Waals surface area contributed by atoms with Gasteiger partial charge in [0.1, 0.15) is 11.6 Å². The van der Waals surface area contributed by atoms with Gasteiger partial charge in [0.25, 0.3) is 0 Å². The molecular weight excluding hydrogens is 264 g/mol. The summed E-state index contributed by atoms with van der Waals surface area (Å²) in [6.45, 7) is -0.721. The molecule has 20 heavy (non-hydrogen) atoms. The van der Waals surface area contributed by atoms with Crippen LogP contribution in [0, 0.1) is 0 Å². The molecule has 0 aliphatic heterocycles. The number of hydrogen-bond acceptors (Lipinski definition) is 5. The number of aliphatic hydroxyl groups is 1. The van der Waals surface area contributed by atoms with Gasteiger partial charge in [-0.25, -0.2) is 0 Å². The predicted molar refractivity (Wildman–Crippen MR) is 71.1 cm³/mol. The Morgan fingerprint density at radius 2 is 1.75 bits per heavy atom. The Morgan fingerprint density at radius 1 is 1.20 bits per heavy atom. The lowest BCUT2D eigenvalue weighted by Crippen LogP contribution is -2.53. The third kappa shape index (κ3) is 3.77. The van der Waals surface area contributed by atoms with Crippen LogP contribution in [0.15, 0.2) is 24.3 Å². The number of carboxylic acids is 2. The fraction of sp³-hybridized carbons (Fsp3) is 0.385. The van der Waals surface area contributed by atoms with Crippen molar-refractivity contribution in [3.63, 3.8) is 0 Å². The van der Waals surface area contributed by atoms with E-state index in [0.29, 0.717) is 11.1 Å². The number of carboxylic acid groups (broad SMARTS) is 2. The van der Waals surface area contributed by atoms with Gasteiger partial charge in [0.2, 0.25) is 0 Å². The standard InChI is InChI=1S/C13H18N2O5/c14-10(11(17)18)5-8-3-1-2-4-9(8)6-13(15,7-16)12(19)20/h1-4,10,16H,5-7,14-15H2,(H,17,18)(H,19,20)/t10-,13+/m0/s1. The lowest BCUT2D eigenvalue weighted by Gasteiger charge is -2.23. The SMILES string of the molecule is N[C@@H](Cc1ccccc1C[C@@](N)(CO)C(=O)O)C(=O)O. The lowest BCUT2D eigenvalue weighted by molar-refractivity contribution is -0.145. The minimum Gasteiger partial charge on any atom is -0.480 e. The monoisotopic (exact) mass is 282 g/mol. The minimum atomic E-state index is -1.80. The van der Waals surface area contributed by atoms with E-state index in [1.54, 1.807) is 24.3 Å². The number of aliphatic hydroxyl groups excluding tert-OH is 1. The van der Waals surface area contributed by atoms with Crippen molar-refractivity contribution in [3.05, 3.63) is 35.4 Å². The van der Waals surface area contributed by atoms with Gasteiger partial charge in [0, 0.05) is 6.42 Å². The number of carbonyl (C=O) groups is 2. The summed E-state index contributed by atoms with van der Waals surface area (Å²) in [7, 11) is 0. The molecule has 1 aromatic carbocycles. The van der Waals surface area contributed by atoms with Crippen LogP contribution in [0.25, 0.3) is 0 Å². The van der Waals surface area contributed by atoms with Crippen molar-refractivity contribution in [2.24, 2.45) is 11.5 Å². The number of hydrogen-bond donors (Lipinski definition) is 5. The van der Waals surface area contributed by atoms with E-state index in [4.69, 9.17) is 26.8 Å². The summed E-state index contributed by atoms with van der Waals surface area (Å²) in [5.74, 6) is -2.46. The van der Waals surface area contributed by atoms with E-state index in [9.17, 15) is 9.59 Å². The zero-order valence-electron chi connectivity index (χ0n) is 10.8.